The van der Waals surface area contributed by atoms with Gasteiger partial charge in [0.1, 0.15) is 0 Å². The number of alkyl carbamates (subject to hydrolysis) is 1. The quantitative estimate of drug-likeness (QED) is 0.323. The van der Waals surface area contributed by atoms with Crippen LogP contribution in [0.15, 0.2) is 18.2 Å². The normalized spacial score (nSPS) is 9.81. The Morgan fingerprint density at radius 3 is 2.57 bits per heavy atom. The molecular formula is C12H14IN3O5. The number of rotatable bonds is 6. The van der Waals surface area contributed by atoms with Crippen LogP contribution in [0.1, 0.15) is 17.3 Å². The molecule has 9 heteroatoms. The number of carbonyl (C=O) groups is 2. The molecule has 0 saturated carbocycles. The Labute approximate surface area is 134 Å². The molecule has 114 valence electrons. The summed E-state index contributed by atoms with van der Waals surface area (Å²) >= 11 is 1.86. The molecule has 1 aromatic rings. The first-order chi connectivity index (χ1) is 9.95. The summed E-state index contributed by atoms with van der Waals surface area (Å²) in [7, 11) is 0. The number of benzene rings is 1. The third-order valence-corrected chi connectivity index (χ3v) is 3.26. The Morgan fingerprint density at radius 1 is 1.33 bits per heavy atom. The molecule has 1 aromatic carbocycles. The van der Waals surface area contributed by atoms with Gasteiger partial charge in [-0.05, 0) is 35.6 Å². The number of nitro benzene ring substituents is 1. The van der Waals surface area contributed by atoms with E-state index in [4.69, 9.17) is 0 Å². The van der Waals surface area contributed by atoms with Crippen molar-refractivity contribution in [1.82, 2.24) is 10.6 Å². The number of ether oxygens (including phenoxy) is 1. The fourth-order valence-corrected chi connectivity index (χ4v) is 2.16. The van der Waals surface area contributed by atoms with Crippen molar-refractivity contribution in [1.29, 1.82) is 0 Å². The molecule has 0 bridgehead atoms. The maximum Gasteiger partial charge on any atom is 0.407 e. The second-order valence-electron chi connectivity index (χ2n) is 3.82. The van der Waals surface area contributed by atoms with Gasteiger partial charge in [-0.3, -0.25) is 14.9 Å². The Morgan fingerprint density at radius 2 is 2.00 bits per heavy atom. The number of carbonyl (C=O) groups excluding carboxylic acids is 2. The number of amides is 2. The molecule has 0 saturated heterocycles. The van der Waals surface area contributed by atoms with E-state index in [1.165, 1.54) is 18.2 Å². The van der Waals surface area contributed by atoms with E-state index < -0.39 is 11.0 Å². The molecule has 2 amide bonds. The Balaban J connectivity index is 2.49. The maximum absolute atomic E-state index is 11.9. The minimum atomic E-state index is -0.545. The van der Waals surface area contributed by atoms with Gasteiger partial charge in [0.2, 0.25) is 0 Å². The fraction of sp³-hybridized carbons (Fsp3) is 0.333. The monoisotopic (exact) mass is 407 g/mol. The lowest BCUT2D eigenvalue weighted by Crippen LogP contribution is -2.35. The lowest BCUT2D eigenvalue weighted by molar-refractivity contribution is -0.384. The van der Waals surface area contributed by atoms with Crippen molar-refractivity contribution >= 4 is 40.3 Å². The SMILES string of the molecule is CCOC(=O)NCCNC(=O)c1ccc([N+](=O)[O-])cc1I. The molecule has 0 heterocycles. The van der Waals surface area contributed by atoms with Gasteiger partial charge in [0.05, 0.1) is 17.1 Å². The lowest BCUT2D eigenvalue weighted by atomic mass is 10.2. The van der Waals surface area contributed by atoms with Gasteiger partial charge in [0, 0.05) is 28.8 Å². The molecule has 0 radical (unpaired) electrons. The number of hydrogen-bond acceptors (Lipinski definition) is 5. The average Bonchev–Trinajstić information content (AvgIpc) is 2.43. The third-order valence-electron chi connectivity index (χ3n) is 2.36. The van der Waals surface area contributed by atoms with Gasteiger partial charge >= 0.3 is 6.09 Å². The summed E-state index contributed by atoms with van der Waals surface area (Å²) in [6, 6.07) is 3.99. The molecule has 0 spiro atoms. The highest BCUT2D eigenvalue weighted by Crippen LogP contribution is 2.19. The molecule has 0 atom stereocenters. The van der Waals surface area contributed by atoms with E-state index in [0.717, 1.165) is 0 Å². The molecule has 0 aliphatic rings. The van der Waals surface area contributed by atoms with E-state index in [2.05, 4.69) is 15.4 Å². The van der Waals surface area contributed by atoms with Crippen LogP contribution in [0.4, 0.5) is 10.5 Å². The van der Waals surface area contributed by atoms with Crippen LogP contribution in [-0.2, 0) is 4.74 Å². The van der Waals surface area contributed by atoms with Crippen molar-refractivity contribution in [3.05, 3.63) is 37.4 Å². The number of nitrogens with one attached hydrogen (secondary N) is 2. The number of non-ortho nitro benzene ring substituents is 1. The predicted molar refractivity (Wildman–Crippen MR) is 83.2 cm³/mol. The highest BCUT2D eigenvalue weighted by atomic mass is 127. The first-order valence-corrected chi connectivity index (χ1v) is 7.16. The van der Waals surface area contributed by atoms with Crippen LogP contribution >= 0.6 is 22.6 Å². The summed E-state index contributed by atoms with van der Waals surface area (Å²) in [6.07, 6.45) is -0.545. The van der Waals surface area contributed by atoms with Crippen LogP contribution in [0.3, 0.4) is 0 Å². The van der Waals surface area contributed by atoms with Crippen LogP contribution in [0.5, 0.6) is 0 Å². The minimum absolute atomic E-state index is 0.0695. The summed E-state index contributed by atoms with van der Waals surface area (Å²) in [6.45, 7) is 2.43. The zero-order chi connectivity index (χ0) is 15.8. The number of nitro groups is 1. The standard InChI is InChI=1S/C12H14IN3O5/c1-2-21-12(18)15-6-5-14-11(17)9-4-3-8(16(19)20)7-10(9)13/h3-4,7H,2,5-6H2,1H3,(H,14,17)(H,15,18). The molecule has 0 aliphatic heterocycles. The lowest BCUT2D eigenvalue weighted by Gasteiger charge is -2.08. The van der Waals surface area contributed by atoms with Crippen molar-refractivity contribution in [3.63, 3.8) is 0 Å². The molecular weight excluding hydrogens is 393 g/mol. The number of hydrogen-bond donors (Lipinski definition) is 2. The number of nitrogens with zero attached hydrogens (tertiary/aromatic N) is 1. The van der Waals surface area contributed by atoms with Crippen molar-refractivity contribution in [2.75, 3.05) is 19.7 Å². The van der Waals surface area contributed by atoms with Crippen LogP contribution in [-0.4, -0.2) is 36.6 Å². The summed E-state index contributed by atoms with van der Waals surface area (Å²) in [5.41, 5.74) is 0.275. The van der Waals surface area contributed by atoms with Crippen molar-refractivity contribution in [2.24, 2.45) is 0 Å². The Kier molecular flexibility index (Phi) is 6.85. The van der Waals surface area contributed by atoms with Gasteiger partial charge in [0.15, 0.2) is 0 Å². The van der Waals surface area contributed by atoms with Crippen molar-refractivity contribution < 1.29 is 19.2 Å². The van der Waals surface area contributed by atoms with Crippen LogP contribution < -0.4 is 10.6 Å². The van der Waals surface area contributed by atoms with E-state index in [1.807, 2.05) is 22.6 Å². The third kappa shape index (κ3) is 5.53. The summed E-state index contributed by atoms with van der Waals surface area (Å²) in [4.78, 5) is 33.0. The van der Waals surface area contributed by atoms with Crippen LogP contribution in [0.2, 0.25) is 0 Å². The van der Waals surface area contributed by atoms with Crippen LogP contribution in [0.25, 0.3) is 0 Å². The van der Waals surface area contributed by atoms with Gasteiger partial charge in [0.25, 0.3) is 11.6 Å². The zero-order valence-corrected chi connectivity index (χ0v) is 13.4. The zero-order valence-electron chi connectivity index (χ0n) is 11.2. The van der Waals surface area contributed by atoms with Gasteiger partial charge in [-0.2, -0.15) is 0 Å². The molecule has 2 N–H and O–H groups in total. The second-order valence-corrected chi connectivity index (χ2v) is 4.99. The molecule has 0 unspecified atom stereocenters. The first-order valence-electron chi connectivity index (χ1n) is 6.08. The average molecular weight is 407 g/mol. The van der Waals surface area contributed by atoms with Gasteiger partial charge in [-0.25, -0.2) is 4.79 Å². The predicted octanol–water partition coefficient (Wildman–Crippen LogP) is 1.68. The van der Waals surface area contributed by atoms with E-state index >= 15 is 0 Å². The van der Waals surface area contributed by atoms with Gasteiger partial charge in [-0.15, -0.1) is 0 Å². The highest BCUT2D eigenvalue weighted by molar-refractivity contribution is 14.1. The molecule has 21 heavy (non-hydrogen) atoms. The molecule has 8 nitrogen and oxygen atoms in total. The molecule has 0 aliphatic carbocycles. The topological polar surface area (TPSA) is 111 Å². The number of halogens is 1. The van der Waals surface area contributed by atoms with E-state index in [-0.39, 0.29) is 31.3 Å². The smallest absolute Gasteiger partial charge is 0.407 e. The highest BCUT2D eigenvalue weighted by Gasteiger charge is 2.14. The second kappa shape index (κ2) is 8.39. The van der Waals surface area contributed by atoms with E-state index in [1.54, 1.807) is 6.92 Å². The summed E-state index contributed by atoms with van der Waals surface area (Å²) in [5.74, 6) is -0.361. The maximum atomic E-state index is 11.9. The van der Waals surface area contributed by atoms with E-state index in [9.17, 15) is 19.7 Å². The van der Waals surface area contributed by atoms with Crippen LogP contribution in [0, 0.1) is 13.7 Å². The van der Waals surface area contributed by atoms with E-state index in [0.29, 0.717) is 9.13 Å². The molecule has 1 rings (SSSR count). The Hall–Kier alpha value is -1.91. The summed E-state index contributed by atoms with van der Waals surface area (Å²) < 4.78 is 5.14. The van der Waals surface area contributed by atoms with Gasteiger partial charge in [-0.1, -0.05) is 0 Å². The minimum Gasteiger partial charge on any atom is -0.450 e. The molecule has 0 fully saturated rings. The first kappa shape index (κ1) is 17.1. The van der Waals surface area contributed by atoms with Crippen molar-refractivity contribution in [2.45, 2.75) is 6.92 Å². The fourth-order valence-electron chi connectivity index (χ4n) is 1.42. The Bertz CT molecular complexity index is 550. The van der Waals surface area contributed by atoms with Crippen molar-refractivity contribution in [3.8, 4) is 0 Å². The largest absolute Gasteiger partial charge is 0.450 e. The summed E-state index contributed by atoms with van der Waals surface area (Å²) in [5, 5.41) is 15.7. The van der Waals surface area contributed by atoms with Gasteiger partial charge < -0.3 is 15.4 Å². The molecule has 0 aromatic heterocycles.